The van der Waals surface area contributed by atoms with E-state index in [9.17, 15) is 14.4 Å². The van der Waals surface area contributed by atoms with Crippen LogP contribution in [0.1, 0.15) is 24.0 Å². The van der Waals surface area contributed by atoms with Gasteiger partial charge in [-0.3, -0.25) is 14.2 Å². The van der Waals surface area contributed by atoms with Crippen molar-refractivity contribution >= 4 is 46.4 Å². The van der Waals surface area contributed by atoms with Crippen LogP contribution < -0.4 is 35.3 Å². The number of benzene rings is 3. The van der Waals surface area contributed by atoms with Crippen LogP contribution in [0, 0.1) is 0 Å². The van der Waals surface area contributed by atoms with E-state index in [0.29, 0.717) is 31.9 Å². The van der Waals surface area contributed by atoms with Crippen LogP contribution in [0.15, 0.2) is 89.2 Å². The molecular weight excluding hydrogens is 554 g/mol. The summed E-state index contributed by atoms with van der Waals surface area (Å²) in [5.74, 6) is -0.936. The fourth-order valence-corrected chi connectivity index (χ4v) is 5.95. The molecule has 0 aliphatic carbocycles. The van der Waals surface area contributed by atoms with Gasteiger partial charge in [0.15, 0.2) is 0 Å². The highest BCUT2D eigenvalue weighted by Gasteiger charge is 2.39. The second-order valence-electron chi connectivity index (χ2n) is 9.29. The summed E-state index contributed by atoms with van der Waals surface area (Å²) in [4.78, 5) is 41.4. The maximum atomic E-state index is 14.1. The Balaban J connectivity index is 1.81. The van der Waals surface area contributed by atoms with Gasteiger partial charge in [0.05, 0.1) is 42.4 Å². The molecule has 0 radical (unpaired) electrons. The molecule has 3 N–H and O–H groups in total. The zero-order valence-corrected chi connectivity index (χ0v) is 24.1. The predicted molar refractivity (Wildman–Crippen MR) is 163 cm³/mol. The number of fused-ring (bicyclic) bond motifs is 1. The Kier molecular flexibility index (Phi) is 8.26. The average Bonchev–Trinajstić information content (AvgIpc) is 3.33. The van der Waals surface area contributed by atoms with Crippen LogP contribution in [0.25, 0.3) is 17.5 Å². The Hall–Kier alpha value is -5.09. The van der Waals surface area contributed by atoms with Crippen molar-refractivity contribution in [3.05, 3.63) is 115 Å². The number of ether oxygens (including phenoxy) is 3. The van der Waals surface area contributed by atoms with Crippen LogP contribution in [0.5, 0.6) is 11.5 Å². The van der Waals surface area contributed by atoms with Gasteiger partial charge in [0.2, 0.25) is 0 Å². The molecule has 214 valence electrons. The van der Waals surface area contributed by atoms with Gasteiger partial charge in [-0.15, -0.1) is 11.3 Å². The quantitative estimate of drug-likeness (QED) is 0.306. The number of aromatic nitrogens is 1. The number of rotatable bonds is 8. The number of esters is 1. The number of amides is 1. The van der Waals surface area contributed by atoms with E-state index >= 15 is 0 Å². The van der Waals surface area contributed by atoms with Crippen LogP contribution in [-0.2, 0) is 14.3 Å². The third-order valence-electron chi connectivity index (χ3n) is 6.78. The van der Waals surface area contributed by atoms with Gasteiger partial charge in [0.1, 0.15) is 22.0 Å². The Morgan fingerprint density at radius 2 is 1.55 bits per heavy atom. The molecule has 9 nitrogen and oxygen atoms in total. The predicted octanol–water partition coefficient (Wildman–Crippen LogP) is 3.03. The first-order valence-corrected chi connectivity index (χ1v) is 14.0. The highest BCUT2D eigenvalue weighted by atomic mass is 32.1. The second-order valence-corrected chi connectivity index (χ2v) is 10.3. The molecule has 5 rings (SSSR count). The lowest BCUT2D eigenvalue weighted by molar-refractivity contribution is -0.138. The molecule has 1 atom stereocenters. The monoisotopic (exact) mass is 583 g/mol. The first-order valence-electron chi connectivity index (χ1n) is 13.2. The number of anilines is 1. The normalized spacial score (nSPS) is 14.8. The SMILES string of the molecule is CCOC(=O)C1=C(N)n2c(s/c(=C/c3ccc(OC)cc3)c2=O)=C(C(=O)Nc2ccccc2)C1c1ccc(OC)cc1. The van der Waals surface area contributed by atoms with Crippen molar-refractivity contribution in [1.82, 2.24) is 4.57 Å². The Morgan fingerprint density at radius 3 is 2.14 bits per heavy atom. The summed E-state index contributed by atoms with van der Waals surface area (Å²) >= 11 is 1.13. The number of hydrogen-bond acceptors (Lipinski definition) is 8. The third kappa shape index (κ3) is 5.44. The maximum Gasteiger partial charge on any atom is 0.338 e. The second kappa shape index (κ2) is 12.2. The lowest BCUT2D eigenvalue weighted by Crippen LogP contribution is -2.42. The van der Waals surface area contributed by atoms with E-state index in [-0.39, 0.29) is 23.6 Å². The highest BCUT2D eigenvalue weighted by molar-refractivity contribution is 7.07. The minimum Gasteiger partial charge on any atom is -0.497 e. The zero-order valence-electron chi connectivity index (χ0n) is 23.2. The van der Waals surface area contributed by atoms with Gasteiger partial charge in [-0.25, -0.2) is 4.79 Å². The molecule has 0 spiro atoms. The summed E-state index contributed by atoms with van der Waals surface area (Å²) in [5, 5.41) is 2.92. The van der Waals surface area contributed by atoms with E-state index in [4.69, 9.17) is 19.9 Å². The van der Waals surface area contributed by atoms with Crippen molar-refractivity contribution in [3.63, 3.8) is 0 Å². The van der Waals surface area contributed by atoms with E-state index in [0.717, 1.165) is 16.9 Å². The van der Waals surface area contributed by atoms with E-state index in [1.165, 1.54) is 4.57 Å². The number of nitrogens with one attached hydrogen (secondary N) is 1. The lowest BCUT2D eigenvalue weighted by Gasteiger charge is -2.27. The highest BCUT2D eigenvalue weighted by Crippen LogP contribution is 2.38. The van der Waals surface area contributed by atoms with E-state index in [1.54, 1.807) is 87.9 Å². The first-order chi connectivity index (χ1) is 20.4. The maximum absolute atomic E-state index is 14.1. The van der Waals surface area contributed by atoms with Gasteiger partial charge in [-0.2, -0.15) is 0 Å². The van der Waals surface area contributed by atoms with Crippen molar-refractivity contribution in [3.8, 4) is 11.5 Å². The molecule has 4 aromatic rings. The standard InChI is InChI=1S/C32H29N3O6S/c1-4-41-32(38)26-25(20-12-16-23(40-3)17-13-20)27(29(36)34-21-8-6-5-7-9-21)31-35(28(26)33)30(37)24(42-31)18-19-10-14-22(39-2)15-11-19/h5-18,25H,4,33H2,1-3H3,(H,34,36)/b24-18+. The third-order valence-corrected chi connectivity index (χ3v) is 7.89. The van der Waals surface area contributed by atoms with Crippen molar-refractivity contribution in [1.29, 1.82) is 0 Å². The summed E-state index contributed by atoms with van der Waals surface area (Å²) in [6.45, 7) is 1.76. The van der Waals surface area contributed by atoms with Crippen LogP contribution in [0.4, 0.5) is 5.69 Å². The molecule has 0 saturated carbocycles. The molecule has 1 aliphatic heterocycles. The molecule has 42 heavy (non-hydrogen) atoms. The van der Waals surface area contributed by atoms with E-state index < -0.39 is 23.4 Å². The Labute approximate surface area is 245 Å². The number of nitrogens with zero attached hydrogens (tertiary/aromatic N) is 1. The minimum absolute atomic E-state index is 0.00336. The molecule has 0 saturated heterocycles. The largest absolute Gasteiger partial charge is 0.497 e. The van der Waals surface area contributed by atoms with Crippen molar-refractivity contribution in [2.24, 2.45) is 5.73 Å². The molecule has 0 bridgehead atoms. The molecule has 1 unspecified atom stereocenters. The van der Waals surface area contributed by atoms with Gasteiger partial charge in [-0.05, 0) is 60.5 Å². The summed E-state index contributed by atoms with van der Waals surface area (Å²) in [6.07, 6.45) is 1.71. The van der Waals surface area contributed by atoms with Crippen LogP contribution in [0.3, 0.4) is 0 Å². The molecule has 0 fully saturated rings. The van der Waals surface area contributed by atoms with Crippen molar-refractivity contribution < 1.29 is 23.8 Å². The van der Waals surface area contributed by atoms with Gasteiger partial charge in [0.25, 0.3) is 11.5 Å². The number of thiazole rings is 1. The zero-order chi connectivity index (χ0) is 29.8. The van der Waals surface area contributed by atoms with Crippen LogP contribution in [-0.4, -0.2) is 37.3 Å². The topological polar surface area (TPSA) is 122 Å². The number of methoxy groups -OCH3 is 2. The minimum atomic E-state index is -0.925. The smallest absolute Gasteiger partial charge is 0.338 e. The van der Waals surface area contributed by atoms with Gasteiger partial charge in [-0.1, -0.05) is 42.5 Å². The van der Waals surface area contributed by atoms with Crippen LogP contribution in [0.2, 0.25) is 0 Å². The summed E-state index contributed by atoms with van der Waals surface area (Å²) in [5.41, 5.74) is 8.27. The van der Waals surface area contributed by atoms with Crippen molar-refractivity contribution in [2.45, 2.75) is 12.8 Å². The van der Waals surface area contributed by atoms with Gasteiger partial charge >= 0.3 is 5.97 Å². The van der Waals surface area contributed by atoms with Gasteiger partial charge < -0.3 is 25.3 Å². The summed E-state index contributed by atoms with van der Waals surface area (Å²) in [7, 11) is 3.12. The van der Waals surface area contributed by atoms with E-state index in [1.807, 2.05) is 18.2 Å². The molecule has 3 aromatic carbocycles. The number of carbonyl (C=O) groups excluding carboxylic acids is 2. The number of carbonyl (C=O) groups is 2. The number of hydrogen-bond donors (Lipinski definition) is 2. The Bertz CT molecular complexity index is 1840. The summed E-state index contributed by atoms with van der Waals surface area (Å²) < 4.78 is 17.8. The lowest BCUT2D eigenvalue weighted by atomic mass is 9.82. The molecule has 1 aromatic heterocycles. The van der Waals surface area contributed by atoms with Gasteiger partial charge in [0, 0.05) is 5.69 Å². The fourth-order valence-electron chi connectivity index (χ4n) is 4.78. The molecule has 1 aliphatic rings. The molecule has 1 amide bonds. The first kappa shape index (κ1) is 28.4. The van der Waals surface area contributed by atoms with Crippen LogP contribution >= 0.6 is 11.3 Å². The van der Waals surface area contributed by atoms with E-state index in [2.05, 4.69) is 5.32 Å². The molecule has 2 heterocycles. The number of nitrogens with two attached hydrogens (primary N) is 1. The summed E-state index contributed by atoms with van der Waals surface area (Å²) in [6, 6.07) is 23.1. The molecule has 10 heteroatoms. The Morgan fingerprint density at radius 1 is 0.929 bits per heavy atom. The average molecular weight is 584 g/mol. The fraction of sp³-hybridized carbons (Fsp3) is 0.156. The molecular formula is C32H29N3O6S. The van der Waals surface area contributed by atoms with Crippen molar-refractivity contribution in [2.75, 3.05) is 26.1 Å². The number of para-hydroxylation sites is 1.